The van der Waals surface area contributed by atoms with Crippen molar-refractivity contribution in [1.29, 1.82) is 0 Å². The lowest BCUT2D eigenvalue weighted by atomic mass is 9.70. The summed E-state index contributed by atoms with van der Waals surface area (Å²) in [6.07, 6.45) is 4.01. The summed E-state index contributed by atoms with van der Waals surface area (Å²) in [6, 6.07) is 73.9. The minimum atomic E-state index is -0.513. The maximum absolute atomic E-state index is 9.21. The van der Waals surface area contributed by atoms with Gasteiger partial charge in [0.1, 0.15) is 28.7 Å². The van der Waals surface area contributed by atoms with Gasteiger partial charge in [-0.2, -0.15) is 9.13 Å². The number of imidazole rings is 1. The van der Waals surface area contributed by atoms with Gasteiger partial charge >= 0.3 is 0 Å². The van der Waals surface area contributed by atoms with E-state index in [0.717, 1.165) is 50.2 Å². The third-order valence-corrected chi connectivity index (χ3v) is 17.7. The molecule has 0 amide bonds. The van der Waals surface area contributed by atoms with Crippen LogP contribution in [0.3, 0.4) is 0 Å². The number of rotatable bonds is 7. The van der Waals surface area contributed by atoms with E-state index >= 15 is 0 Å². The molecule has 2 aliphatic rings. The van der Waals surface area contributed by atoms with Crippen LogP contribution in [0.2, 0.25) is 0 Å². The Morgan fingerprint density at radius 1 is 0.452 bits per heavy atom. The molecule has 10 aromatic carbocycles. The number of fused-ring (bicyclic) bond motifs is 14. The molecule has 408 valence electrons. The monoisotopic (exact) mass is 1090 g/mol. The molecule has 0 fully saturated rings. The first kappa shape index (κ1) is 47.0. The van der Waals surface area contributed by atoms with Gasteiger partial charge in [0.15, 0.2) is 11.0 Å². The lowest BCUT2D eigenvalue weighted by Gasteiger charge is -2.30. The number of aromatic nitrogens is 4. The summed E-state index contributed by atoms with van der Waals surface area (Å²) in [5, 5.41) is 1.11. The van der Waals surface area contributed by atoms with Crippen molar-refractivity contribution in [3.05, 3.63) is 282 Å². The maximum atomic E-state index is 9.21. The van der Waals surface area contributed by atoms with E-state index in [2.05, 4.69) is 242 Å². The standard InChI is InChI=1S/C79H67N4O/c1-76(2,3)51-41-42-80-73(46-51)83-69-36-17-13-27-60(69)61-40-39-56(48-72(61)83)84-55-24-20-23-54(47-55)81-49-82(71-38-19-18-37-70(71)81)75-57(50-43-52(77(4,5)6)45-53(44-50)78(7,8)9)29-21-31-63(75)62-30-22-35-68-74(62)64-28-12-16-34-67(64)79(68)65-32-14-10-25-58(65)59-26-11-15-33-66(59)79/h10-49H,1-9H3/q+1/i13D,17D,27D,36D. The quantitative estimate of drug-likeness (QED) is 0.149. The van der Waals surface area contributed by atoms with Crippen molar-refractivity contribution in [3.63, 3.8) is 0 Å². The number of hydrogen-bond acceptors (Lipinski definition) is 2. The van der Waals surface area contributed by atoms with Gasteiger partial charge in [-0.05, 0) is 143 Å². The Bertz CT molecular complexity index is 5010. The fourth-order valence-corrected chi connectivity index (χ4v) is 13.6. The van der Waals surface area contributed by atoms with E-state index in [1.54, 1.807) is 6.20 Å². The fourth-order valence-electron chi connectivity index (χ4n) is 13.6. The largest absolute Gasteiger partial charge is 0.457 e. The van der Waals surface area contributed by atoms with Gasteiger partial charge in [0.2, 0.25) is 0 Å². The van der Waals surface area contributed by atoms with Gasteiger partial charge in [0.05, 0.1) is 21.9 Å². The third-order valence-electron chi connectivity index (χ3n) is 17.7. The SMILES string of the molecule is [2H]c1c([2H])c([2H])c2c(c1[2H])c1ccc(Oc3cccc(-n4c[n+](-c5c(-c6cc(C(C)(C)C)cc(C(C)(C)C)c6)cccc5-c5cccc6c5-c5ccccc5C65c6ccccc6-c6ccccc65)c5ccccc54)c3)cc1n2-c1cc(C(C)(C)C)ccn1. The average Bonchev–Trinajstić information content (AvgIpc) is 1.51. The molecule has 0 aliphatic heterocycles. The molecular weight excluding hydrogens is 1020 g/mol. The first-order valence-electron chi connectivity index (χ1n) is 31.3. The van der Waals surface area contributed by atoms with E-state index in [4.69, 9.17) is 13.8 Å². The van der Waals surface area contributed by atoms with E-state index in [9.17, 15) is 1.37 Å². The number of pyridine rings is 1. The molecule has 15 rings (SSSR count). The molecule has 0 atom stereocenters. The molecule has 5 nitrogen and oxygen atoms in total. The van der Waals surface area contributed by atoms with Crippen LogP contribution >= 0.6 is 0 Å². The Balaban J connectivity index is 0.932. The molecule has 13 aromatic rings. The second-order valence-electron chi connectivity index (χ2n) is 25.9. The zero-order valence-corrected chi connectivity index (χ0v) is 49.0. The van der Waals surface area contributed by atoms with Gasteiger partial charge in [0, 0.05) is 40.2 Å². The molecule has 2 aliphatic carbocycles. The number of para-hydroxylation sites is 4. The van der Waals surface area contributed by atoms with Gasteiger partial charge in [-0.15, -0.1) is 0 Å². The lowest BCUT2D eigenvalue weighted by Crippen LogP contribution is -2.31. The summed E-state index contributed by atoms with van der Waals surface area (Å²) in [4.78, 5) is 4.82. The highest BCUT2D eigenvalue weighted by molar-refractivity contribution is 6.09. The molecule has 0 unspecified atom stereocenters. The van der Waals surface area contributed by atoms with Crippen molar-refractivity contribution >= 4 is 32.8 Å². The lowest BCUT2D eigenvalue weighted by molar-refractivity contribution is -0.566. The third kappa shape index (κ3) is 7.89. The van der Waals surface area contributed by atoms with Crippen LogP contribution < -0.4 is 9.30 Å². The highest BCUT2D eigenvalue weighted by Gasteiger charge is 2.52. The van der Waals surface area contributed by atoms with Gasteiger partial charge in [-0.25, -0.2) is 4.98 Å². The Kier molecular flexibility index (Phi) is 10.5. The molecule has 5 heteroatoms. The van der Waals surface area contributed by atoms with E-state index in [0.29, 0.717) is 39.1 Å². The second-order valence-corrected chi connectivity index (χ2v) is 25.9. The van der Waals surface area contributed by atoms with Crippen molar-refractivity contribution in [2.75, 3.05) is 0 Å². The number of ether oxygens (including phenoxy) is 1. The maximum Gasteiger partial charge on any atom is 0.255 e. The first-order valence-corrected chi connectivity index (χ1v) is 29.3. The van der Waals surface area contributed by atoms with Crippen LogP contribution in [-0.4, -0.2) is 14.1 Å². The van der Waals surface area contributed by atoms with E-state index in [1.165, 1.54) is 55.6 Å². The van der Waals surface area contributed by atoms with Crippen LogP contribution in [0.1, 0.15) is 107 Å². The molecule has 3 heterocycles. The molecule has 0 bridgehead atoms. The Morgan fingerprint density at radius 2 is 1.04 bits per heavy atom. The van der Waals surface area contributed by atoms with E-state index in [-0.39, 0.29) is 40.4 Å². The number of benzene rings is 10. The number of nitrogens with zero attached hydrogens (tertiary/aromatic N) is 4. The molecule has 84 heavy (non-hydrogen) atoms. The number of hydrogen-bond donors (Lipinski definition) is 0. The Hall–Kier alpha value is -9.58. The van der Waals surface area contributed by atoms with Crippen LogP contribution in [0, 0.1) is 0 Å². The van der Waals surface area contributed by atoms with Crippen molar-refractivity contribution in [2.24, 2.45) is 0 Å². The summed E-state index contributed by atoms with van der Waals surface area (Å²) < 4.78 is 49.2. The van der Waals surface area contributed by atoms with Gasteiger partial charge in [-0.1, -0.05) is 226 Å². The Labute approximate surface area is 498 Å². The zero-order chi connectivity index (χ0) is 60.9. The average molecular weight is 1090 g/mol. The fraction of sp³-hybridized carbons (Fsp3) is 0.165. The molecule has 3 aromatic heterocycles. The highest BCUT2D eigenvalue weighted by atomic mass is 16.5. The summed E-state index contributed by atoms with van der Waals surface area (Å²) in [5.41, 5.74) is 22.5. The molecular formula is C79H67N4O+. The molecule has 0 saturated carbocycles. The minimum absolute atomic E-state index is 0.0973. The summed E-state index contributed by atoms with van der Waals surface area (Å²) in [5.74, 6) is 1.71. The normalized spacial score (nSPS) is 14.1. The summed E-state index contributed by atoms with van der Waals surface area (Å²) in [7, 11) is 0. The minimum Gasteiger partial charge on any atom is -0.457 e. The van der Waals surface area contributed by atoms with Crippen molar-refractivity contribution in [1.82, 2.24) is 14.1 Å². The summed E-state index contributed by atoms with van der Waals surface area (Å²) >= 11 is 0. The molecule has 0 saturated heterocycles. The first-order chi connectivity index (χ1) is 42.2. The second kappa shape index (κ2) is 18.7. The predicted molar refractivity (Wildman–Crippen MR) is 347 cm³/mol. The zero-order valence-electron chi connectivity index (χ0n) is 53.0. The van der Waals surface area contributed by atoms with Crippen LogP contribution in [0.25, 0.3) is 94.5 Å². The Morgan fingerprint density at radius 3 is 1.76 bits per heavy atom. The van der Waals surface area contributed by atoms with Crippen molar-refractivity contribution in [2.45, 2.75) is 84.0 Å². The topological polar surface area (TPSA) is 35.9 Å². The molecule has 0 radical (unpaired) electrons. The van der Waals surface area contributed by atoms with E-state index < -0.39 is 5.41 Å². The smallest absolute Gasteiger partial charge is 0.255 e. The molecule has 0 N–H and O–H groups in total. The molecule has 1 spiro atoms. The van der Waals surface area contributed by atoms with Gasteiger partial charge in [0.25, 0.3) is 6.33 Å². The van der Waals surface area contributed by atoms with Crippen LogP contribution in [-0.2, 0) is 21.7 Å². The van der Waals surface area contributed by atoms with Gasteiger partial charge in [-0.3, -0.25) is 4.57 Å². The van der Waals surface area contributed by atoms with Crippen molar-refractivity contribution < 1.29 is 14.8 Å². The van der Waals surface area contributed by atoms with Crippen LogP contribution in [0.5, 0.6) is 11.5 Å². The predicted octanol–water partition coefficient (Wildman–Crippen LogP) is 19.8. The van der Waals surface area contributed by atoms with Gasteiger partial charge < -0.3 is 4.74 Å². The van der Waals surface area contributed by atoms with Crippen LogP contribution in [0.15, 0.2) is 243 Å². The summed E-state index contributed by atoms with van der Waals surface area (Å²) in [6.45, 7) is 20.3. The van der Waals surface area contributed by atoms with E-state index in [1.807, 2.05) is 47.0 Å². The van der Waals surface area contributed by atoms with Crippen LogP contribution in [0.4, 0.5) is 0 Å². The van der Waals surface area contributed by atoms with Crippen molar-refractivity contribution in [3.8, 4) is 73.2 Å². The highest BCUT2D eigenvalue weighted by Crippen LogP contribution is 2.64.